The normalized spacial score (nSPS) is 10.5. The monoisotopic (exact) mass is 219 g/mol. The van der Waals surface area contributed by atoms with E-state index < -0.39 is 0 Å². The van der Waals surface area contributed by atoms with Crippen molar-refractivity contribution in [3.05, 3.63) is 42.2 Å². The number of imidazole rings is 1. The van der Waals surface area contributed by atoms with Gasteiger partial charge in [0, 0.05) is 24.6 Å². The molecule has 0 aliphatic rings. The molecule has 0 amide bonds. The molecule has 1 aromatic heterocycles. The summed E-state index contributed by atoms with van der Waals surface area (Å²) in [7, 11) is 0. The molecule has 2 rings (SSSR count). The van der Waals surface area contributed by atoms with Crippen LogP contribution in [0.3, 0.4) is 0 Å². The second kappa shape index (κ2) is 4.51. The Hall–Kier alpha value is -1.26. The van der Waals surface area contributed by atoms with Crippen LogP contribution in [0, 0.1) is 0 Å². The van der Waals surface area contributed by atoms with Crippen LogP contribution >= 0.6 is 11.8 Å². The van der Waals surface area contributed by atoms with Gasteiger partial charge in [0.05, 0.1) is 0 Å². The summed E-state index contributed by atoms with van der Waals surface area (Å²) in [5.41, 5.74) is 7.81. The van der Waals surface area contributed by atoms with Crippen LogP contribution in [0.15, 0.2) is 41.8 Å². The number of nitrogens with two attached hydrogens (primary N) is 1. The highest BCUT2D eigenvalue weighted by Gasteiger charge is 2.02. The molecule has 0 aliphatic heterocycles. The van der Waals surface area contributed by atoms with Crippen molar-refractivity contribution < 1.29 is 0 Å². The van der Waals surface area contributed by atoms with E-state index in [1.807, 2.05) is 30.8 Å². The zero-order valence-electron chi connectivity index (χ0n) is 8.55. The van der Waals surface area contributed by atoms with E-state index in [0.29, 0.717) is 6.54 Å². The summed E-state index contributed by atoms with van der Waals surface area (Å²) >= 11 is 1.63. The van der Waals surface area contributed by atoms with Crippen molar-refractivity contribution in [3.8, 4) is 5.69 Å². The summed E-state index contributed by atoms with van der Waals surface area (Å²) in [5.74, 6) is 0. The first kappa shape index (κ1) is 10.3. The number of hydrogen-bond acceptors (Lipinski definition) is 3. The minimum Gasteiger partial charge on any atom is -0.326 e. The summed E-state index contributed by atoms with van der Waals surface area (Å²) in [6.45, 7) is 0.583. The van der Waals surface area contributed by atoms with Gasteiger partial charge in [-0.25, -0.2) is 4.98 Å². The summed E-state index contributed by atoms with van der Waals surface area (Å²) in [4.78, 5) is 4.25. The van der Waals surface area contributed by atoms with Gasteiger partial charge in [-0.15, -0.1) is 0 Å². The highest BCUT2D eigenvalue weighted by molar-refractivity contribution is 7.98. The summed E-state index contributed by atoms with van der Waals surface area (Å²) in [5, 5.41) is 0.996. The molecule has 1 heterocycles. The predicted molar refractivity (Wildman–Crippen MR) is 63.2 cm³/mol. The number of hydrogen-bond donors (Lipinski definition) is 1. The van der Waals surface area contributed by atoms with Crippen LogP contribution in [0.4, 0.5) is 0 Å². The number of thioether (sulfide) groups is 1. The van der Waals surface area contributed by atoms with Crippen molar-refractivity contribution in [2.75, 3.05) is 6.26 Å². The third kappa shape index (κ3) is 2.06. The summed E-state index contributed by atoms with van der Waals surface area (Å²) in [6, 6.07) is 8.20. The van der Waals surface area contributed by atoms with Gasteiger partial charge >= 0.3 is 0 Å². The van der Waals surface area contributed by atoms with Crippen LogP contribution in [0.2, 0.25) is 0 Å². The molecule has 0 atom stereocenters. The van der Waals surface area contributed by atoms with Crippen LogP contribution in [0.25, 0.3) is 5.69 Å². The Morgan fingerprint density at radius 2 is 2.07 bits per heavy atom. The van der Waals surface area contributed by atoms with Crippen molar-refractivity contribution in [2.24, 2.45) is 5.73 Å². The molecule has 0 fully saturated rings. The lowest BCUT2D eigenvalue weighted by molar-refractivity contribution is 0.896. The maximum atomic E-state index is 5.55. The average molecular weight is 219 g/mol. The van der Waals surface area contributed by atoms with Gasteiger partial charge in [0.1, 0.15) is 0 Å². The molecule has 0 unspecified atom stereocenters. The number of rotatable bonds is 3. The van der Waals surface area contributed by atoms with E-state index in [2.05, 4.69) is 21.7 Å². The van der Waals surface area contributed by atoms with E-state index in [4.69, 9.17) is 5.73 Å². The first-order valence-corrected chi connectivity index (χ1v) is 5.94. The molecule has 0 aliphatic carbocycles. The van der Waals surface area contributed by atoms with E-state index in [-0.39, 0.29) is 0 Å². The number of aromatic nitrogens is 2. The Morgan fingerprint density at radius 1 is 1.33 bits per heavy atom. The maximum absolute atomic E-state index is 5.55. The van der Waals surface area contributed by atoms with Crippen LogP contribution < -0.4 is 5.73 Å². The molecule has 0 saturated heterocycles. The third-order valence-electron chi connectivity index (χ3n) is 2.24. The Kier molecular flexibility index (Phi) is 3.08. The first-order valence-electron chi connectivity index (χ1n) is 4.72. The van der Waals surface area contributed by atoms with Gasteiger partial charge in [-0.1, -0.05) is 23.9 Å². The highest BCUT2D eigenvalue weighted by Crippen LogP contribution is 2.18. The van der Waals surface area contributed by atoms with Gasteiger partial charge in [0.2, 0.25) is 0 Å². The minimum atomic E-state index is 0.583. The smallest absolute Gasteiger partial charge is 0.172 e. The second-order valence-electron chi connectivity index (χ2n) is 3.15. The Balaban J connectivity index is 2.37. The van der Waals surface area contributed by atoms with Crippen LogP contribution in [0.5, 0.6) is 0 Å². The largest absolute Gasteiger partial charge is 0.326 e. The number of nitrogens with zero attached hydrogens (tertiary/aromatic N) is 2. The quantitative estimate of drug-likeness (QED) is 0.803. The maximum Gasteiger partial charge on any atom is 0.172 e. The average Bonchev–Trinajstić information content (AvgIpc) is 2.77. The standard InChI is InChI=1S/C11H13N3S/c1-15-11-13-6-7-14(11)10-4-2-9(8-12)3-5-10/h2-7H,8,12H2,1H3. The Labute approximate surface area is 93.3 Å². The molecule has 2 aromatic rings. The second-order valence-corrected chi connectivity index (χ2v) is 3.93. The molecule has 2 N–H and O–H groups in total. The molecule has 0 saturated carbocycles. The van der Waals surface area contributed by atoms with Crippen LogP contribution in [-0.4, -0.2) is 15.8 Å². The first-order chi connectivity index (χ1) is 7.35. The Morgan fingerprint density at radius 3 is 2.67 bits per heavy atom. The molecular weight excluding hydrogens is 206 g/mol. The third-order valence-corrected chi connectivity index (χ3v) is 2.91. The van der Waals surface area contributed by atoms with E-state index in [9.17, 15) is 0 Å². The van der Waals surface area contributed by atoms with Gasteiger partial charge in [-0.2, -0.15) is 0 Å². The highest BCUT2D eigenvalue weighted by atomic mass is 32.2. The molecule has 78 valence electrons. The molecule has 0 spiro atoms. The summed E-state index contributed by atoms with van der Waals surface area (Å²) in [6.07, 6.45) is 5.79. The molecule has 1 aromatic carbocycles. The van der Waals surface area contributed by atoms with Gasteiger partial charge in [0.25, 0.3) is 0 Å². The molecule has 15 heavy (non-hydrogen) atoms. The zero-order chi connectivity index (χ0) is 10.7. The van der Waals surface area contributed by atoms with E-state index in [0.717, 1.165) is 16.4 Å². The lowest BCUT2D eigenvalue weighted by Crippen LogP contribution is -1.98. The molecule has 4 heteroatoms. The zero-order valence-corrected chi connectivity index (χ0v) is 9.37. The predicted octanol–water partition coefficient (Wildman–Crippen LogP) is 2.05. The van der Waals surface area contributed by atoms with Gasteiger partial charge in [-0.3, -0.25) is 4.57 Å². The van der Waals surface area contributed by atoms with Crippen LogP contribution in [-0.2, 0) is 6.54 Å². The van der Waals surface area contributed by atoms with Crippen LogP contribution in [0.1, 0.15) is 5.56 Å². The van der Waals surface area contributed by atoms with Crippen molar-refractivity contribution in [1.82, 2.24) is 9.55 Å². The van der Waals surface area contributed by atoms with E-state index in [1.165, 1.54) is 0 Å². The van der Waals surface area contributed by atoms with E-state index in [1.54, 1.807) is 11.8 Å². The van der Waals surface area contributed by atoms with Gasteiger partial charge < -0.3 is 5.73 Å². The van der Waals surface area contributed by atoms with Gasteiger partial charge in [-0.05, 0) is 24.0 Å². The van der Waals surface area contributed by atoms with Crippen molar-refractivity contribution in [2.45, 2.75) is 11.7 Å². The summed E-state index contributed by atoms with van der Waals surface area (Å²) < 4.78 is 2.06. The molecular formula is C11H13N3S. The lowest BCUT2D eigenvalue weighted by atomic mass is 10.2. The van der Waals surface area contributed by atoms with Crippen molar-refractivity contribution in [3.63, 3.8) is 0 Å². The fourth-order valence-corrected chi connectivity index (χ4v) is 1.96. The van der Waals surface area contributed by atoms with Gasteiger partial charge in [0.15, 0.2) is 5.16 Å². The number of benzene rings is 1. The fourth-order valence-electron chi connectivity index (χ4n) is 1.43. The molecule has 3 nitrogen and oxygen atoms in total. The fraction of sp³-hybridized carbons (Fsp3) is 0.182. The van der Waals surface area contributed by atoms with Crippen molar-refractivity contribution in [1.29, 1.82) is 0 Å². The van der Waals surface area contributed by atoms with E-state index >= 15 is 0 Å². The Bertz CT molecular complexity index is 433. The minimum absolute atomic E-state index is 0.583. The molecule has 0 bridgehead atoms. The topological polar surface area (TPSA) is 43.8 Å². The molecule has 0 radical (unpaired) electrons. The van der Waals surface area contributed by atoms with Crippen molar-refractivity contribution >= 4 is 11.8 Å². The SMILES string of the molecule is CSc1nccn1-c1ccc(CN)cc1. The lowest BCUT2D eigenvalue weighted by Gasteiger charge is -2.06.